The Balaban J connectivity index is 1.62. The molecular weight excluding hydrogens is 246 g/mol. The maximum absolute atomic E-state index is 12.4. The number of carbonyl (C=O) groups excluding carboxylic acids is 1. The van der Waals surface area contributed by atoms with Gasteiger partial charge in [-0.2, -0.15) is 0 Å². The Bertz CT molecular complexity index is 503. The lowest BCUT2D eigenvalue weighted by atomic mass is 10.1. The predicted molar refractivity (Wildman–Crippen MR) is 82.5 cm³/mol. The number of nitrogens with one attached hydrogen (secondary N) is 1. The van der Waals surface area contributed by atoms with Crippen molar-refractivity contribution in [3.8, 4) is 0 Å². The third kappa shape index (κ3) is 2.79. The maximum atomic E-state index is 12.4. The predicted octanol–water partition coefficient (Wildman–Crippen LogP) is 4.18. The summed E-state index contributed by atoms with van der Waals surface area (Å²) in [5, 5.41) is 3.08. The van der Waals surface area contributed by atoms with Crippen LogP contribution in [0, 0.1) is 17.8 Å². The van der Waals surface area contributed by atoms with Crippen molar-refractivity contribution in [2.45, 2.75) is 39.0 Å². The summed E-state index contributed by atoms with van der Waals surface area (Å²) < 4.78 is 0. The van der Waals surface area contributed by atoms with Crippen LogP contribution in [0.1, 0.15) is 38.2 Å². The van der Waals surface area contributed by atoms with Gasteiger partial charge in [0.25, 0.3) is 0 Å². The molecule has 1 fully saturated rings. The van der Waals surface area contributed by atoms with E-state index in [0.717, 1.165) is 12.1 Å². The summed E-state index contributed by atoms with van der Waals surface area (Å²) >= 11 is 0. The monoisotopic (exact) mass is 269 g/mol. The number of hydrogen-bond donors (Lipinski definition) is 1. The molecule has 2 aliphatic rings. The Kier molecular flexibility index (Phi) is 3.90. The van der Waals surface area contributed by atoms with Crippen molar-refractivity contribution in [1.29, 1.82) is 0 Å². The minimum absolute atomic E-state index is 0.204. The van der Waals surface area contributed by atoms with Gasteiger partial charge in [0.15, 0.2) is 0 Å². The van der Waals surface area contributed by atoms with Crippen molar-refractivity contribution in [2.75, 3.05) is 5.32 Å². The number of fused-ring (bicyclic) bond motifs is 1. The number of allylic oxidation sites excluding steroid dienone is 2. The molecule has 2 nitrogen and oxygen atoms in total. The zero-order valence-corrected chi connectivity index (χ0v) is 12.1. The summed E-state index contributed by atoms with van der Waals surface area (Å²) in [4.78, 5) is 12.4. The van der Waals surface area contributed by atoms with Crippen molar-refractivity contribution in [3.63, 3.8) is 0 Å². The van der Waals surface area contributed by atoms with Crippen molar-refractivity contribution in [3.05, 3.63) is 42.0 Å². The SMILES string of the molecule is CCc1ccc(NC(=O)[C@@H]2[C@H]3C=CCCCC[C@@H]32)cc1. The van der Waals surface area contributed by atoms with Crippen LogP contribution < -0.4 is 5.32 Å². The Labute approximate surface area is 121 Å². The molecule has 2 heteroatoms. The fourth-order valence-electron chi connectivity index (χ4n) is 3.35. The highest BCUT2D eigenvalue weighted by molar-refractivity contribution is 5.95. The molecule has 0 aromatic heterocycles. The average molecular weight is 269 g/mol. The van der Waals surface area contributed by atoms with Crippen LogP contribution in [-0.2, 0) is 11.2 Å². The molecule has 2 aliphatic carbocycles. The highest BCUT2D eigenvalue weighted by atomic mass is 16.2. The molecule has 0 heterocycles. The molecule has 0 radical (unpaired) electrons. The van der Waals surface area contributed by atoms with Gasteiger partial charge in [0.2, 0.25) is 5.91 Å². The van der Waals surface area contributed by atoms with Crippen LogP contribution in [0.15, 0.2) is 36.4 Å². The van der Waals surface area contributed by atoms with Crippen LogP contribution in [-0.4, -0.2) is 5.91 Å². The second kappa shape index (κ2) is 5.82. The maximum Gasteiger partial charge on any atom is 0.228 e. The van der Waals surface area contributed by atoms with E-state index in [1.807, 2.05) is 12.1 Å². The number of hydrogen-bond acceptors (Lipinski definition) is 1. The number of amides is 1. The zero-order chi connectivity index (χ0) is 13.9. The smallest absolute Gasteiger partial charge is 0.228 e. The van der Waals surface area contributed by atoms with Gasteiger partial charge in [-0.15, -0.1) is 0 Å². The number of carbonyl (C=O) groups is 1. The third-order valence-electron chi connectivity index (χ3n) is 4.68. The lowest BCUT2D eigenvalue weighted by Crippen LogP contribution is -2.15. The molecule has 1 N–H and O–H groups in total. The Morgan fingerprint density at radius 3 is 2.80 bits per heavy atom. The van der Waals surface area contributed by atoms with Crippen LogP contribution in [0.2, 0.25) is 0 Å². The van der Waals surface area contributed by atoms with Gasteiger partial charge in [-0.25, -0.2) is 0 Å². The van der Waals surface area contributed by atoms with E-state index in [-0.39, 0.29) is 11.8 Å². The largest absolute Gasteiger partial charge is 0.326 e. The van der Waals surface area contributed by atoms with E-state index < -0.39 is 0 Å². The molecule has 106 valence electrons. The van der Waals surface area contributed by atoms with E-state index in [0.29, 0.717) is 11.8 Å². The fraction of sp³-hybridized carbons (Fsp3) is 0.500. The van der Waals surface area contributed by atoms with E-state index in [1.165, 1.54) is 31.2 Å². The van der Waals surface area contributed by atoms with E-state index in [4.69, 9.17) is 0 Å². The molecule has 20 heavy (non-hydrogen) atoms. The summed E-state index contributed by atoms with van der Waals surface area (Å²) in [5.74, 6) is 1.48. The van der Waals surface area contributed by atoms with Gasteiger partial charge in [0.1, 0.15) is 0 Å². The van der Waals surface area contributed by atoms with Crippen molar-refractivity contribution < 1.29 is 4.79 Å². The first-order chi connectivity index (χ1) is 9.79. The summed E-state index contributed by atoms with van der Waals surface area (Å²) in [6.07, 6.45) is 10.5. The minimum Gasteiger partial charge on any atom is -0.326 e. The quantitative estimate of drug-likeness (QED) is 0.819. The second-order valence-electron chi connectivity index (χ2n) is 6.02. The Hall–Kier alpha value is -1.57. The molecule has 3 rings (SSSR count). The van der Waals surface area contributed by atoms with Crippen LogP contribution >= 0.6 is 0 Å². The molecular formula is C18H23NO. The number of benzene rings is 1. The van der Waals surface area contributed by atoms with Crippen LogP contribution in [0.4, 0.5) is 5.69 Å². The summed E-state index contributed by atoms with van der Waals surface area (Å²) in [6.45, 7) is 2.14. The molecule has 1 saturated carbocycles. The van der Waals surface area contributed by atoms with Gasteiger partial charge >= 0.3 is 0 Å². The third-order valence-corrected chi connectivity index (χ3v) is 4.68. The van der Waals surface area contributed by atoms with Gasteiger partial charge in [0.05, 0.1) is 0 Å². The van der Waals surface area contributed by atoms with Crippen molar-refractivity contribution >= 4 is 11.6 Å². The van der Waals surface area contributed by atoms with Crippen LogP contribution in [0.25, 0.3) is 0 Å². The van der Waals surface area contributed by atoms with Crippen molar-refractivity contribution in [2.24, 2.45) is 17.8 Å². The van der Waals surface area contributed by atoms with E-state index >= 15 is 0 Å². The first kappa shape index (κ1) is 13.4. The van der Waals surface area contributed by atoms with Gasteiger partial charge in [-0.05, 0) is 55.2 Å². The summed E-state index contributed by atoms with van der Waals surface area (Å²) in [5.41, 5.74) is 2.23. The average Bonchev–Trinajstić information content (AvgIpc) is 3.11. The molecule has 1 amide bonds. The number of rotatable bonds is 3. The molecule has 1 aromatic rings. The van der Waals surface area contributed by atoms with E-state index in [1.54, 1.807) is 0 Å². The first-order valence-electron chi connectivity index (χ1n) is 7.86. The standard InChI is InChI=1S/C18H23NO/c1-2-13-9-11-14(12-10-13)19-18(20)17-15-7-5-3-4-6-8-16(15)17/h5,7,9-12,15-17H,2-4,6,8H2,1H3,(H,19,20)/t15-,16-,17+/m0/s1. The molecule has 1 aromatic carbocycles. The molecule has 3 atom stereocenters. The molecule has 0 spiro atoms. The van der Waals surface area contributed by atoms with Gasteiger partial charge in [-0.1, -0.05) is 37.6 Å². The van der Waals surface area contributed by atoms with Gasteiger partial charge in [-0.3, -0.25) is 4.79 Å². The Morgan fingerprint density at radius 1 is 1.25 bits per heavy atom. The molecule has 0 aliphatic heterocycles. The van der Waals surface area contributed by atoms with Crippen molar-refractivity contribution in [1.82, 2.24) is 0 Å². The fourth-order valence-corrected chi connectivity index (χ4v) is 3.35. The zero-order valence-electron chi connectivity index (χ0n) is 12.1. The Morgan fingerprint density at radius 2 is 2.05 bits per heavy atom. The van der Waals surface area contributed by atoms with E-state index in [2.05, 4.69) is 36.5 Å². The lowest BCUT2D eigenvalue weighted by molar-refractivity contribution is -0.117. The topological polar surface area (TPSA) is 29.1 Å². The normalized spacial score (nSPS) is 28.1. The number of aryl methyl sites for hydroxylation is 1. The highest BCUT2D eigenvalue weighted by Gasteiger charge is 2.52. The second-order valence-corrected chi connectivity index (χ2v) is 6.02. The molecule has 0 bridgehead atoms. The summed E-state index contributed by atoms with van der Waals surface area (Å²) in [7, 11) is 0. The van der Waals surface area contributed by atoms with Crippen LogP contribution in [0.3, 0.4) is 0 Å². The van der Waals surface area contributed by atoms with Gasteiger partial charge in [0, 0.05) is 11.6 Å². The van der Waals surface area contributed by atoms with E-state index in [9.17, 15) is 4.79 Å². The molecule has 0 saturated heterocycles. The number of anilines is 1. The van der Waals surface area contributed by atoms with Gasteiger partial charge < -0.3 is 5.32 Å². The minimum atomic E-state index is 0.204. The first-order valence-corrected chi connectivity index (χ1v) is 7.86. The lowest BCUT2D eigenvalue weighted by Gasteiger charge is -2.05. The summed E-state index contributed by atoms with van der Waals surface area (Å²) in [6, 6.07) is 8.20. The highest BCUT2D eigenvalue weighted by Crippen LogP contribution is 2.51. The molecule has 0 unspecified atom stereocenters. The van der Waals surface area contributed by atoms with Crippen LogP contribution in [0.5, 0.6) is 0 Å².